The second-order valence-electron chi connectivity index (χ2n) is 7.27. The summed E-state index contributed by atoms with van der Waals surface area (Å²) in [7, 11) is 0. The summed E-state index contributed by atoms with van der Waals surface area (Å²) in [6.45, 7) is 1.42. The molecule has 0 radical (unpaired) electrons. The Hall–Kier alpha value is -1.91. The Bertz CT molecular complexity index is 605. The molecule has 0 unspecified atom stereocenters. The van der Waals surface area contributed by atoms with Crippen LogP contribution in [0.3, 0.4) is 0 Å². The Morgan fingerprint density at radius 2 is 1.72 bits per heavy atom. The predicted octanol–water partition coefficient (Wildman–Crippen LogP) is 3.06. The molecule has 2 fully saturated rings. The van der Waals surface area contributed by atoms with Crippen molar-refractivity contribution in [3.63, 3.8) is 0 Å². The first-order valence-electron chi connectivity index (χ1n) is 9.45. The summed E-state index contributed by atoms with van der Waals surface area (Å²) < 4.78 is 13.6. The normalized spacial score (nSPS) is 19.6. The number of nitrogens with one attached hydrogen (secondary N) is 1. The summed E-state index contributed by atoms with van der Waals surface area (Å²) in [6.07, 6.45) is 7.25. The smallest absolute Gasteiger partial charge is 0.225 e. The van der Waals surface area contributed by atoms with Crippen LogP contribution in [0.15, 0.2) is 24.3 Å². The van der Waals surface area contributed by atoms with Crippen LogP contribution in [0.5, 0.6) is 0 Å². The molecule has 1 aromatic carbocycles. The fourth-order valence-electron chi connectivity index (χ4n) is 3.95. The van der Waals surface area contributed by atoms with Crippen LogP contribution < -0.4 is 5.32 Å². The van der Waals surface area contributed by atoms with Gasteiger partial charge in [0.05, 0.1) is 6.42 Å². The van der Waals surface area contributed by atoms with E-state index >= 15 is 0 Å². The molecular weight excluding hydrogens is 319 g/mol. The molecule has 2 aliphatic rings. The van der Waals surface area contributed by atoms with Crippen molar-refractivity contribution in [1.82, 2.24) is 10.2 Å². The number of amides is 2. The molecule has 1 N–H and O–H groups in total. The molecular formula is C20H27FN2O2. The third kappa shape index (κ3) is 4.80. The molecule has 25 heavy (non-hydrogen) atoms. The van der Waals surface area contributed by atoms with E-state index in [9.17, 15) is 14.0 Å². The van der Waals surface area contributed by atoms with Crippen molar-refractivity contribution in [2.45, 2.75) is 57.4 Å². The van der Waals surface area contributed by atoms with Gasteiger partial charge in [0.15, 0.2) is 0 Å². The maximum absolute atomic E-state index is 13.6. The third-order valence-electron chi connectivity index (χ3n) is 5.44. The summed E-state index contributed by atoms with van der Waals surface area (Å²) in [5, 5.41) is 2.99. The van der Waals surface area contributed by atoms with Crippen molar-refractivity contribution in [3.05, 3.63) is 35.6 Å². The second-order valence-corrected chi connectivity index (χ2v) is 7.27. The van der Waals surface area contributed by atoms with Gasteiger partial charge in [-0.15, -0.1) is 0 Å². The van der Waals surface area contributed by atoms with Gasteiger partial charge in [-0.2, -0.15) is 0 Å². The summed E-state index contributed by atoms with van der Waals surface area (Å²) in [5.41, 5.74) is 0.421. The minimum atomic E-state index is -0.342. The number of likely N-dealkylation sites (tertiary alicyclic amines) is 1. The van der Waals surface area contributed by atoms with E-state index in [-0.39, 0.29) is 30.1 Å². The van der Waals surface area contributed by atoms with Gasteiger partial charge >= 0.3 is 0 Å². The molecule has 4 nitrogen and oxygen atoms in total. The van der Waals surface area contributed by atoms with Gasteiger partial charge in [0, 0.05) is 25.0 Å². The van der Waals surface area contributed by atoms with Crippen LogP contribution in [0.4, 0.5) is 4.39 Å². The van der Waals surface area contributed by atoms with Crippen molar-refractivity contribution in [3.8, 4) is 0 Å². The lowest BCUT2D eigenvalue weighted by Crippen LogP contribution is -2.48. The molecule has 0 spiro atoms. The van der Waals surface area contributed by atoms with Gasteiger partial charge in [0.25, 0.3) is 0 Å². The maximum atomic E-state index is 13.6. The van der Waals surface area contributed by atoms with Crippen molar-refractivity contribution in [2.24, 2.45) is 5.92 Å². The number of hydrogen-bond acceptors (Lipinski definition) is 2. The molecule has 1 aliphatic carbocycles. The molecule has 2 amide bonds. The first-order valence-corrected chi connectivity index (χ1v) is 9.45. The number of carbonyl (C=O) groups is 2. The SMILES string of the molecule is O=C(Cc1ccccc1F)NC1CCN(C(=O)C2CCCCC2)CC1. The second kappa shape index (κ2) is 8.45. The van der Waals surface area contributed by atoms with Gasteiger partial charge in [0.2, 0.25) is 11.8 Å². The highest BCUT2D eigenvalue weighted by Crippen LogP contribution is 2.26. The Morgan fingerprint density at radius 1 is 1.04 bits per heavy atom. The van der Waals surface area contributed by atoms with Crippen LogP contribution in [-0.2, 0) is 16.0 Å². The van der Waals surface area contributed by atoms with Crippen molar-refractivity contribution < 1.29 is 14.0 Å². The van der Waals surface area contributed by atoms with Crippen LogP contribution in [0.25, 0.3) is 0 Å². The van der Waals surface area contributed by atoms with Gasteiger partial charge in [-0.3, -0.25) is 9.59 Å². The zero-order valence-corrected chi connectivity index (χ0v) is 14.7. The van der Waals surface area contributed by atoms with Gasteiger partial charge < -0.3 is 10.2 Å². The average molecular weight is 346 g/mol. The fourth-order valence-corrected chi connectivity index (χ4v) is 3.95. The van der Waals surface area contributed by atoms with Crippen LogP contribution in [0.2, 0.25) is 0 Å². The lowest BCUT2D eigenvalue weighted by Gasteiger charge is -2.35. The van der Waals surface area contributed by atoms with Crippen molar-refractivity contribution in [2.75, 3.05) is 13.1 Å². The highest BCUT2D eigenvalue weighted by Gasteiger charge is 2.29. The van der Waals surface area contributed by atoms with Gasteiger partial charge in [0.1, 0.15) is 5.82 Å². The van der Waals surface area contributed by atoms with Crippen LogP contribution >= 0.6 is 0 Å². The highest BCUT2D eigenvalue weighted by atomic mass is 19.1. The van der Waals surface area contributed by atoms with E-state index < -0.39 is 0 Å². The molecule has 3 rings (SSSR count). The molecule has 1 aliphatic heterocycles. The Labute approximate surface area is 148 Å². The summed E-state index contributed by atoms with van der Waals surface area (Å²) in [4.78, 5) is 26.7. The number of rotatable bonds is 4. The molecule has 0 bridgehead atoms. The van der Waals surface area contributed by atoms with E-state index in [1.165, 1.54) is 25.3 Å². The minimum absolute atomic E-state index is 0.0634. The van der Waals surface area contributed by atoms with Crippen LogP contribution in [0.1, 0.15) is 50.5 Å². The van der Waals surface area contributed by atoms with E-state index in [1.54, 1.807) is 18.2 Å². The molecule has 5 heteroatoms. The van der Waals surface area contributed by atoms with E-state index in [0.717, 1.165) is 25.7 Å². The number of carbonyl (C=O) groups excluding carboxylic acids is 2. The fraction of sp³-hybridized carbons (Fsp3) is 0.600. The summed E-state index contributed by atoms with van der Waals surface area (Å²) in [6, 6.07) is 6.45. The van der Waals surface area contributed by atoms with Crippen LogP contribution in [-0.4, -0.2) is 35.8 Å². The van der Waals surface area contributed by atoms with E-state index in [2.05, 4.69) is 5.32 Å². The monoisotopic (exact) mass is 346 g/mol. The van der Waals surface area contributed by atoms with Gasteiger partial charge in [-0.1, -0.05) is 37.5 Å². The lowest BCUT2D eigenvalue weighted by molar-refractivity contribution is -0.137. The molecule has 0 atom stereocenters. The van der Waals surface area contributed by atoms with Gasteiger partial charge in [-0.25, -0.2) is 4.39 Å². The number of halogens is 1. The Morgan fingerprint density at radius 3 is 2.40 bits per heavy atom. The third-order valence-corrected chi connectivity index (χ3v) is 5.44. The van der Waals surface area contributed by atoms with Crippen LogP contribution in [0, 0.1) is 11.7 Å². The number of piperidine rings is 1. The quantitative estimate of drug-likeness (QED) is 0.911. The molecule has 1 aromatic rings. The first kappa shape index (κ1) is 17.9. The summed E-state index contributed by atoms with van der Waals surface area (Å²) in [5.74, 6) is 0.0180. The maximum Gasteiger partial charge on any atom is 0.225 e. The Kier molecular flexibility index (Phi) is 6.05. The first-order chi connectivity index (χ1) is 12.1. The zero-order valence-electron chi connectivity index (χ0n) is 14.7. The van der Waals surface area contributed by atoms with E-state index in [4.69, 9.17) is 0 Å². The largest absolute Gasteiger partial charge is 0.353 e. The zero-order chi connectivity index (χ0) is 17.6. The van der Waals surface area contributed by atoms with E-state index in [0.29, 0.717) is 24.6 Å². The average Bonchev–Trinajstić information content (AvgIpc) is 2.64. The van der Waals surface area contributed by atoms with Crippen molar-refractivity contribution >= 4 is 11.8 Å². The molecule has 0 aromatic heterocycles. The number of hydrogen-bond donors (Lipinski definition) is 1. The number of nitrogens with zero attached hydrogens (tertiary/aromatic N) is 1. The highest BCUT2D eigenvalue weighted by molar-refractivity contribution is 5.80. The van der Waals surface area contributed by atoms with Gasteiger partial charge in [-0.05, 0) is 37.3 Å². The predicted molar refractivity (Wildman–Crippen MR) is 94.4 cm³/mol. The molecule has 1 saturated carbocycles. The number of benzene rings is 1. The lowest BCUT2D eigenvalue weighted by atomic mass is 9.87. The topological polar surface area (TPSA) is 49.4 Å². The summed E-state index contributed by atoms with van der Waals surface area (Å²) >= 11 is 0. The van der Waals surface area contributed by atoms with Crippen molar-refractivity contribution in [1.29, 1.82) is 0 Å². The minimum Gasteiger partial charge on any atom is -0.353 e. The molecule has 1 heterocycles. The molecule has 1 saturated heterocycles. The molecule has 136 valence electrons. The van der Waals surface area contributed by atoms with E-state index in [1.807, 2.05) is 4.90 Å². The standard InChI is InChI=1S/C20H27FN2O2/c21-18-9-5-4-8-16(18)14-19(24)22-17-10-12-23(13-11-17)20(25)15-6-2-1-3-7-15/h4-5,8-9,15,17H,1-3,6-7,10-14H2,(H,22,24). The Balaban J connectivity index is 1.43.